The molecule has 1 aromatic carbocycles. The van der Waals surface area contributed by atoms with Gasteiger partial charge in [-0.1, -0.05) is 56.2 Å². The molecule has 0 unspecified atom stereocenters. The van der Waals surface area contributed by atoms with Gasteiger partial charge in [-0.05, 0) is 30.9 Å². The van der Waals surface area contributed by atoms with Crippen LogP contribution in [0.25, 0.3) is 6.08 Å². The molecule has 0 spiro atoms. The van der Waals surface area contributed by atoms with Crippen molar-refractivity contribution in [2.24, 2.45) is 5.10 Å². The standard InChI is InChI=1S/C20H25N3OS/c1-3-4-6-11-18(12-17-9-7-5-8-10-17)14-21-23-20(24)13-19-15-25-16(2)22-19/h5,7-10,12,14-15H,3-4,6,11,13H2,1-2H3,(H,23,24)/b18-12+,21-14-. The first-order chi connectivity index (χ1) is 12.2. The van der Waals surface area contributed by atoms with Gasteiger partial charge in [0.15, 0.2) is 0 Å². The Balaban J connectivity index is 1.93. The minimum absolute atomic E-state index is 0.144. The monoisotopic (exact) mass is 355 g/mol. The lowest BCUT2D eigenvalue weighted by atomic mass is 10.1. The molecule has 1 heterocycles. The van der Waals surface area contributed by atoms with Crippen molar-refractivity contribution in [3.05, 3.63) is 57.6 Å². The number of nitrogens with zero attached hydrogens (tertiary/aromatic N) is 2. The Kier molecular flexibility index (Phi) is 8.05. The van der Waals surface area contributed by atoms with Gasteiger partial charge in [-0.2, -0.15) is 5.10 Å². The van der Waals surface area contributed by atoms with Crippen molar-refractivity contribution in [1.29, 1.82) is 0 Å². The average molecular weight is 356 g/mol. The van der Waals surface area contributed by atoms with Gasteiger partial charge in [-0.25, -0.2) is 10.4 Å². The van der Waals surface area contributed by atoms with Crippen LogP contribution in [-0.4, -0.2) is 17.1 Å². The van der Waals surface area contributed by atoms with E-state index in [-0.39, 0.29) is 12.3 Å². The Morgan fingerprint density at radius 3 is 2.76 bits per heavy atom. The van der Waals surface area contributed by atoms with E-state index in [4.69, 9.17) is 0 Å². The van der Waals surface area contributed by atoms with Gasteiger partial charge >= 0.3 is 0 Å². The van der Waals surface area contributed by atoms with Crippen LogP contribution in [0.4, 0.5) is 0 Å². The number of allylic oxidation sites excluding steroid dienone is 1. The molecule has 0 saturated carbocycles. The van der Waals surface area contributed by atoms with E-state index >= 15 is 0 Å². The Morgan fingerprint density at radius 2 is 2.08 bits per heavy atom. The number of amides is 1. The van der Waals surface area contributed by atoms with E-state index in [9.17, 15) is 4.79 Å². The van der Waals surface area contributed by atoms with Crippen molar-refractivity contribution in [3.63, 3.8) is 0 Å². The van der Waals surface area contributed by atoms with Crippen LogP contribution in [0, 0.1) is 6.92 Å². The second kappa shape index (κ2) is 10.6. The minimum atomic E-state index is -0.144. The van der Waals surface area contributed by atoms with Crippen LogP contribution in [0.1, 0.15) is 48.9 Å². The van der Waals surface area contributed by atoms with Crippen LogP contribution in [0.15, 0.2) is 46.4 Å². The second-order valence-electron chi connectivity index (χ2n) is 5.91. The normalized spacial score (nSPS) is 11.8. The third-order valence-electron chi connectivity index (χ3n) is 3.65. The Hall–Kier alpha value is -2.27. The molecule has 0 aliphatic rings. The molecule has 25 heavy (non-hydrogen) atoms. The number of aryl methyl sites for hydroxylation is 1. The molecule has 0 bridgehead atoms. The number of thiazole rings is 1. The minimum Gasteiger partial charge on any atom is -0.273 e. The fraction of sp³-hybridized carbons (Fsp3) is 0.350. The number of benzene rings is 1. The third kappa shape index (κ3) is 7.44. The van der Waals surface area contributed by atoms with E-state index in [0.29, 0.717) is 0 Å². The molecule has 0 aliphatic carbocycles. The van der Waals surface area contributed by atoms with Crippen molar-refractivity contribution in [2.45, 2.75) is 46.0 Å². The first-order valence-electron chi connectivity index (χ1n) is 8.66. The molecule has 0 fully saturated rings. The molecule has 0 atom stereocenters. The molecule has 0 saturated heterocycles. The van der Waals surface area contributed by atoms with Crippen LogP contribution in [0.5, 0.6) is 0 Å². The van der Waals surface area contributed by atoms with Crippen molar-refractivity contribution >= 4 is 29.5 Å². The molecule has 0 aliphatic heterocycles. The molecule has 0 radical (unpaired) electrons. The van der Waals surface area contributed by atoms with E-state index in [2.05, 4.69) is 40.6 Å². The first-order valence-corrected chi connectivity index (χ1v) is 9.54. The van der Waals surface area contributed by atoms with Crippen LogP contribution in [0.2, 0.25) is 0 Å². The summed E-state index contributed by atoms with van der Waals surface area (Å²) < 4.78 is 0. The molecule has 1 N–H and O–H groups in total. The number of hydrogen-bond acceptors (Lipinski definition) is 4. The highest BCUT2D eigenvalue weighted by atomic mass is 32.1. The van der Waals surface area contributed by atoms with Crippen LogP contribution >= 0.6 is 11.3 Å². The van der Waals surface area contributed by atoms with Gasteiger partial charge in [0, 0.05) is 5.38 Å². The van der Waals surface area contributed by atoms with Crippen molar-refractivity contribution in [3.8, 4) is 0 Å². The van der Waals surface area contributed by atoms with E-state index in [1.54, 1.807) is 17.6 Å². The molecule has 2 aromatic rings. The first kappa shape index (κ1) is 19.1. The molecule has 5 heteroatoms. The lowest BCUT2D eigenvalue weighted by Crippen LogP contribution is -2.20. The van der Waals surface area contributed by atoms with E-state index in [1.807, 2.05) is 30.5 Å². The summed E-state index contributed by atoms with van der Waals surface area (Å²) in [6.45, 7) is 4.12. The maximum Gasteiger partial charge on any atom is 0.246 e. The predicted molar refractivity (Wildman–Crippen MR) is 106 cm³/mol. The number of hydrogen-bond donors (Lipinski definition) is 1. The van der Waals surface area contributed by atoms with Gasteiger partial charge in [0.05, 0.1) is 23.3 Å². The third-order valence-corrected chi connectivity index (χ3v) is 4.47. The van der Waals surface area contributed by atoms with Crippen LogP contribution in [-0.2, 0) is 11.2 Å². The summed E-state index contributed by atoms with van der Waals surface area (Å²) in [4.78, 5) is 16.2. The number of carbonyl (C=O) groups excluding carboxylic acids is 1. The lowest BCUT2D eigenvalue weighted by molar-refractivity contribution is -0.120. The zero-order chi connectivity index (χ0) is 17.9. The van der Waals surface area contributed by atoms with E-state index < -0.39 is 0 Å². The summed E-state index contributed by atoms with van der Waals surface area (Å²) in [5.41, 5.74) is 5.65. The summed E-state index contributed by atoms with van der Waals surface area (Å²) >= 11 is 1.55. The number of hydrazone groups is 1. The predicted octanol–water partition coefficient (Wildman–Crippen LogP) is 4.76. The molecular formula is C20H25N3OS. The zero-order valence-electron chi connectivity index (χ0n) is 14.9. The molecule has 1 amide bonds. The summed E-state index contributed by atoms with van der Waals surface area (Å²) in [5.74, 6) is -0.144. The van der Waals surface area contributed by atoms with E-state index in [1.165, 1.54) is 12.8 Å². The molecular weight excluding hydrogens is 330 g/mol. The van der Waals surface area contributed by atoms with Gasteiger partial charge in [-0.15, -0.1) is 11.3 Å². The van der Waals surface area contributed by atoms with Crippen LogP contribution in [0.3, 0.4) is 0 Å². The molecule has 1 aromatic heterocycles. The van der Waals surface area contributed by atoms with Crippen molar-refractivity contribution in [2.75, 3.05) is 0 Å². The van der Waals surface area contributed by atoms with Crippen molar-refractivity contribution in [1.82, 2.24) is 10.4 Å². The topological polar surface area (TPSA) is 54.4 Å². The molecule has 4 nitrogen and oxygen atoms in total. The van der Waals surface area contributed by atoms with Crippen LogP contribution < -0.4 is 5.43 Å². The maximum absolute atomic E-state index is 11.9. The summed E-state index contributed by atoms with van der Waals surface area (Å²) in [5, 5.41) is 7.01. The average Bonchev–Trinajstić information content (AvgIpc) is 3.00. The zero-order valence-corrected chi connectivity index (χ0v) is 15.7. The van der Waals surface area contributed by atoms with Gasteiger partial charge < -0.3 is 0 Å². The molecule has 132 valence electrons. The maximum atomic E-state index is 11.9. The Morgan fingerprint density at radius 1 is 1.28 bits per heavy atom. The SMILES string of the molecule is CCCCCC(/C=N\NC(=O)Cc1csc(C)n1)=C\c1ccccc1. The smallest absolute Gasteiger partial charge is 0.246 e. The number of aromatic nitrogens is 1. The summed E-state index contributed by atoms with van der Waals surface area (Å²) in [6, 6.07) is 10.2. The highest BCUT2D eigenvalue weighted by Crippen LogP contribution is 2.12. The highest BCUT2D eigenvalue weighted by Gasteiger charge is 2.05. The van der Waals surface area contributed by atoms with Gasteiger partial charge in [0.25, 0.3) is 0 Å². The van der Waals surface area contributed by atoms with Gasteiger partial charge in [0.2, 0.25) is 5.91 Å². The number of unbranched alkanes of at least 4 members (excludes halogenated alkanes) is 2. The van der Waals surface area contributed by atoms with Crippen molar-refractivity contribution < 1.29 is 4.79 Å². The fourth-order valence-corrected chi connectivity index (χ4v) is 3.01. The second-order valence-corrected chi connectivity index (χ2v) is 6.98. The quantitative estimate of drug-likeness (QED) is 0.400. The summed E-state index contributed by atoms with van der Waals surface area (Å²) in [7, 11) is 0. The largest absolute Gasteiger partial charge is 0.273 e. The number of carbonyl (C=O) groups is 1. The lowest BCUT2D eigenvalue weighted by Gasteiger charge is -2.03. The van der Waals surface area contributed by atoms with Gasteiger partial charge in [0.1, 0.15) is 0 Å². The number of nitrogens with one attached hydrogen (secondary N) is 1. The number of rotatable bonds is 9. The van der Waals surface area contributed by atoms with E-state index in [0.717, 1.165) is 34.7 Å². The summed E-state index contributed by atoms with van der Waals surface area (Å²) in [6.07, 6.45) is 8.58. The fourth-order valence-electron chi connectivity index (χ4n) is 2.40. The molecule has 2 rings (SSSR count). The Labute approximate surface area is 153 Å². The highest BCUT2D eigenvalue weighted by molar-refractivity contribution is 7.09. The Bertz CT molecular complexity index is 720. The van der Waals surface area contributed by atoms with Gasteiger partial charge in [-0.3, -0.25) is 4.79 Å².